The number of aromatic carboxylic acids is 1. The summed E-state index contributed by atoms with van der Waals surface area (Å²) in [5.41, 5.74) is 4.33. The second-order valence-electron chi connectivity index (χ2n) is 5.06. The van der Waals surface area contributed by atoms with Crippen LogP contribution in [0.4, 0.5) is 0 Å². The highest BCUT2D eigenvalue weighted by Gasteiger charge is 2.16. The number of benzene rings is 1. The van der Waals surface area contributed by atoms with Gasteiger partial charge in [-0.1, -0.05) is 12.1 Å². The van der Waals surface area contributed by atoms with Gasteiger partial charge in [0, 0.05) is 29.2 Å². The van der Waals surface area contributed by atoms with Crippen LogP contribution in [0.15, 0.2) is 48.7 Å². The van der Waals surface area contributed by atoms with Crippen LogP contribution >= 0.6 is 0 Å². The summed E-state index contributed by atoms with van der Waals surface area (Å²) >= 11 is 0. The number of carboxylic acid groups (broad SMARTS) is 1. The largest absolute Gasteiger partial charge is 0.478 e. The quantitative estimate of drug-likeness (QED) is 0.740. The fourth-order valence-electron chi connectivity index (χ4n) is 2.84. The van der Waals surface area contributed by atoms with E-state index in [1.807, 2.05) is 24.3 Å². The molecule has 2 aromatic heterocycles. The van der Waals surface area contributed by atoms with Crippen LogP contribution in [0.25, 0.3) is 28.2 Å². The van der Waals surface area contributed by atoms with Gasteiger partial charge in [0.15, 0.2) is 0 Å². The number of aromatic nitrogens is 2. The Balaban J connectivity index is 2.05. The summed E-state index contributed by atoms with van der Waals surface area (Å²) in [7, 11) is 0. The molecule has 1 aliphatic heterocycles. The Morgan fingerprint density at radius 3 is 3.00 bits per heavy atom. The molecular weight excluding hydrogens is 264 g/mol. The summed E-state index contributed by atoms with van der Waals surface area (Å²) in [6.07, 6.45) is 5.84. The van der Waals surface area contributed by atoms with Gasteiger partial charge < -0.3 is 9.67 Å². The van der Waals surface area contributed by atoms with Gasteiger partial charge >= 0.3 is 5.97 Å². The highest BCUT2D eigenvalue weighted by atomic mass is 16.4. The first-order valence-corrected chi connectivity index (χ1v) is 6.72. The number of hydrogen-bond acceptors (Lipinski definition) is 2. The minimum absolute atomic E-state index is 0.308. The molecule has 3 heterocycles. The molecule has 0 aliphatic carbocycles. The number of carboxylic acids is 1. The molecule has 4 nitrogen and oxygen atoms in total. The minimum atomic E-state index is -0.904. The van der Waals surface area contributed by atoms with Crippen molar-refractivity contribution in [1.82, 2.24) is 9.55 Å². The Kier molecular flexibility index (Phi) is 2.44. The molecule has 0 radical (unpaired) electrons. The van der Waals surface area contributed by atoms with Gasteiger partial charge in [-0.2, -0.15) is 0 Å². The third-order valence-electron chi connectivity index (χ3n) is 3.83. The average Bonchev–Trinajstić information content (AvgIpc) is 2.75. The summed E-state index contributed by atoms with van der Waals surface area (Å²) in [4.78, 5) is 15.6. The summed E-state index contributed by atoms with van der Waals surface area (Å²) in [6, 6.07) is 11.3. The van der Waals surface area contributed by atoms with E-state index >= 15 is 0 Å². The lowest BCUT2D eigenvalue weighted by atomic mass is 10.1. The molecule has 0 atom stereocenters. The maximum atomic E-state index is 11.2. The molecule has 4 rings (SSSR count). The highest BCUT2D eigenvalue weighted by Crippen LogP contribution is 2.32. The highest BCUT2D eigenvalue weighted by molar-refractivity contribution is 5.96. The molecule has 102 valence electrons. The van der Waals surface area contributed by atoms with E-state index < -0.39 is 5.97 Å². The number of nitrogens with zero attached hydrogens (tertiary/aromatic N) is 2. The average molecular weight is 276 g/mol. The molecule has 0 saturated heterocycles. The third-order valence-corrected chi connectivity index (χ3v) is 3.83. The van der Waals surface area contributed by atoms with Crippen LogP contribution in [0.1, 0.15) is 16.1 Å². The maximum Gasteiger partial charge on any atom is 0.335 e. The van der Waals surface area contributed by atoms with Crippen LogP contribution in [0.2, 0.25) is 0 Å². The molecular formula is C17H12N2O2. The molecule has 3 aromatic rings. The molecule has 0 amide bonds. The number of pyridine rings is 1. The van der Waals surface area contributed by atoms with E-state index in [2.05, 4.69) is 21.7 Å². The first-order valence-electron chi connectivity index (χ1n) is 6.72. The number of hydrogen-bond donors (Lipinski definition) is 1. The Morgan fingerprint density at radius 1 is 1.24 bits per heavy atom. The number of carbonyl (C=O) groups is 1. The van der Waals surface area contributed by atoms with Crippen molar-refractivity contribution in [2.75, 3.05) is 0 Å². The van der Waals surface area contributed by atoms with Crippen LogP contribution in [0.5, 0.6) is 0 Å². The molecule has 1 N–H and O–H groups in total. The van der Waals surface area contributed by atoms with Gasteiger partial charge in [0.2, 0.25) is 0 Å². The Hall–Kier alpha value is -2.88. The van der Waals surface area contributed by atoms with E-state index in [-0.39, 0.29) is 0 Å². The van der Waals surface area contributed by atoms with Gasteiger partial charge in [-0.3, -0.25) is 4.98 Å². The predicted molar refractivity (Wildman–Crippen MR) is 81.2 cm³/mol. The van der Waals surface area contributed by atoms with Crippen molar-refractivity contribution in [2.45, 2.75) is 6.54 Å². The lowest BCUT2D eigenvalue weighted by Crippen LogP contribution is -1.99. The molecule has 4 heteroatoms. The van der Waals surface area contributed by atoms with Gasteiger partial charge in [0.25, 0.3) is 0 Å². The zero-order valence-corrected chi connectivity index (χ0v) is 11.2. The minimum Gasteiger partial charge on any atom is -0.478 e. The standard InChI is InChI=1S/C17H12N2O2/c20-17(21)12-6-5-11-9-16-13-3-1-7-18-14(13)4-2-8-19(16)15(11)10-12/h1-7,9-10H,8H2,(H,20,21). The van der Waals surface area contributed by atoms with E-state index in [9.17, 15) is 4.79 Å². The molecule has 0 spiro atoms. The number of allylic oxidation sites excluding steroid dienone is 1. The van der Waals surface area contributed by atoms with E-state index in [0.717, 1.165) is 27.9 Å². The molecule has 1 aromatic carbocycles. The van der Waals surface area contributed by atoms with Crippen LogP contribution < -0.4 is 0 Å². The third kappa shape index (κ3) is 1.76. The molecule has 0 unspecified atom stereocenters. The molecule has 21 heavy (non-hydrogen) atoms. The molecule has 0 saturated carbocycles. The Labute approximate surface area is 121 Å². The van der Waals surface area contributed by atoms with Crippen molar-refractivity contribution in [3.63, 3.8) is 0 Å². The SMILES string of the molecule is O=C(O)c1ccc2cc3n(c2c1)CC=Cc1ncccc1-3. The summed E-state index contributed by atoms with van der Waals surface area (Å²) < 4.78 is 2.13. The fraction of sp³-hybridized carbons (Fsp3) is 0.0588. The monoisotopic (exact) mass is 276 g/mol. The Bertz CT molecular complexity index is 906. The van der Waals surface area contributed by atoms with Crippen molar-refractivity contribution in [3.8, 4) is 11.3 Å². The molecule has 1 aliphatic rings. The molecule has 0 bridgehead atoms. The van der Waals surface area contributed by atoms with Crippen LogP contribution in [0.3, 0.4) is 0 Å². The predicted octanol–water partition coefficient (Wildman–Crippen LogP) is 3.43. The number of fused-ring (bicyclic) bond motifs is 5. The van der Waals surface area contributed by atoms with Gasteiger partial charge in [0.05, 0.1) is 17.0 Å². The summed E-state index contributed by atoms with van der Waals surface area (Å²) in [6.45, 7) is 0.707. The summed E-state index contributed by atoms with van der Waals surface area (Å²) in [5.74, 6) is -0.904. The van der Waals surface area contributed by atoms with Gasteiger partial charge in [-0.05, 0) is 36.4 Å². The van der Waals surface area contributed by atoms with E-state index in [1.54, 1.807) is 18.3 Å². The van der Waals surface area contributed by atoms with Crippen LogP contribution in [-0.4, -0.2) is 20.6 Å². The maximum absolute atomic E-state index is 11.2. The zero-order chi connectivity index (χ0) is 14.4. The first kappa shape index (κ1) is 11.9. The van der Waals surface area contributed by atoms with E-state index in [4.69, 9.17) is 5.11 Å². The van der Waals surface area contributed by atoms with Crippen molar-refractivity contribution >= 4 is 22.9 Å². The summed E-state index contributed by atoms with van der Waals surface area (Å²) in [5, 5.41) is 10.2. The van der Waals surface area contributed by atoms with Crippen LogP contribution in [0, 0.1) is 0 Å². The van der Waals surface area contributed by atoms with Crippen molar-refractivity contribution in [1.29, 1.82) is 0 Å². The van der Waals surface area contributed by atoms with Crippen molar-refractivity contribution < 1.29 is 9.90 Å². The topological polar surface area (TPSA) is 55.1 Å². The second kappa shape index (κ2) is 4.31. The van der Waals surface area contributed by atoms with Crippen molar-refractivity contribution in [2.24, 2.45) is 0 Å². The second-order valence-corrected chi connectivity index (χ2v) is 5.06. The molecule has 0 fully saturated rings. The van der Waals surface area contributed by atoms with Gasteiger partial charge in [-0.25, -0.2) is 4.79 Å². The van der Waals surface area contributed by atoms with E-state index in [1.165, 1.54) is 0 Å². The lowest BCUT2D eigenvalue weighted by Gasteiger charge is -2.07. The van der Waals surface area contributed by atoms with Gasteiger partial charge in [-0.15, -0.1) is 0 Å². The lowest BCUT2D eigenvalue weighted by molar-refractivity contribution is 0.0697. The fourth-order valence-corrected chi connectivity index (χ4v) is 2.84. The first-order chi connectivity index (χ1) is 10.2. The van der Waals surface area contributed by atoms with Crippen LogP contribution in [-0.2, 0) is 6.54 Å². The van der Waals surface area contributed by atoms with Crippen molar-refractivity contribution in [3.05, 3.63) is 59.9 Å². The normalized spacial score (nSPS) is 12.8. The van der Waals surface area contributed by atoms with E-state index in [0.29, 0.717) is 12.1 Å². The Morgan fingerprint density at radius 2 is 2.14 bits per heavy atom. The van der Waals surface area contributed by atoms with Gasteiger partial charge in [0.1, 0.15) is 0 Å². The smallest absolute Gasteiger partial charge is 0.335 e. The zero-order valence-electron chi connectivity index (χ0n) is 11.2. The number of rotatable bonds is 1.